The summed E-state index contributed by atoms with van der Waals surface area (Å²) >= 11 is 7.87. The van der Waals surface area contributed by atoms with E-state index in [0.29, 0.717) is 36.2 Å². The first-order valence-corrected chi connectivity index (χ1v) is 7.79. The van der Waals surface area contributed by atoms with E-state index in [1.54, 1.807) is 17.4 Å². The van der Waals surface area contributed by atoms with Gasteiger partial charge in [-0.2, -0.15) is 0 Å². The Morgan fingerprint density at radius 3 is 2.95 bits per heavy atom. The summed E-state index contributed by atoms with van der Waals surface area (Å²) in [6.07, 6.45) is 0.814. The first-order valence-electron chi connectivity index (χ1n) is 6.53. The Labute approximate surface area is 126 Å². The average Bonchev–Trinajstić information content (AvgIpc) is 2.81. The molecule has 0 radical (unpaired) electrons. The third-order valence-corrected chi connectivity index (χ3v) is 4.36. The summed E-state index contributed by atoms with van der Waals surface area (Å²) in [6, 6.07) is 7.57. The summed E-state index contributed by atoms with van der Waals surface area (Å²) in [5, 5.41) is 12.8. The van der Waals surface area contributed by atoms with Gasteiger partial charge in [-0.1, -0.05) is 17.7 Å². The van der Waals surface area contributed by atoms with Gasteiger partial charge < -0.3 is 14.6 Å². The Bertz CT molecular complexity index is 583. The second-order valence-corrected chi connectivity index (χ2v) is 6.12. The van der Waals surface area contributed by atoms with Gasteiger partial charge in [0.15, 0.2) is 11.5 Å². The molecular weight excluding hydrogens is 296 g/mol. The van der Waals surface area contributed by atoms with Gasteiger partial charge in [0.1, 0.15) is 0 Å². The van der Waals surface area contributed by atoms with E-state index in [1.165, 1.54) is 0 Å². The molecule has 2 aromatic rings. The average molecular weight is 311 g/mol. The smallest absolute Gasteiger partial charge is 0.179 e. The van der Waals surface area contributed by atoms with Gasteiger partial charge in [-0.05, 0) is 29.1 Å². The van der Waals surface area contributed by atoms with E-state index in [1.807, 2.05) is 23.6 Å². The Morgan fingerprint density at radius 1 is 1.30 bits per heavy atom. The molecule has 1 aliphatic rings. The normalized spacial score (nSPS) is 15.7. The lowest BCUT2D eigenvalue weighted by Crippen LogP contribution is -2.02. The number of benzene rings is 1. The summed E-state index contributed by atoms with van der Waals surface area (Å²) in [5.41, 5.74) is 0.757. The molecule has 0 fully saturated rings. The van der Waals surface area contributed by atoms with Crippen molar-refractivity contribution in [2.45, 2.75) is 18.9 Å². The molecule has 5 heteroatoms. The fourth-order valence-corrected chi connectivity index (χ4v) is 3.20. The monoisotopic (exact) mass is 310 g/mol. The van der Waals surface area contributed by atoms with E-state index in [-0.39, 0.29) is 0 Å². The molecule has 1 unspecified atom stereocenters. The first kappa shape index (κ1) is 13.7. The fourth-order valence-electron chi connectivity index (χ4n) is 2.18. The van der Waals surface area contributed by atoms with E-state index >= 15 is 0 Å². The topological polar surface area (TPSA) is 38.7 Å². The first-order chi connectivity index (χ1) is 9.74. The lowest BCUT2D eigenvalue weighted by Gasteiger charge is -2.15. The molecule has 0 bridgehead atoms. The van der Waals surface area contributed by atoms with E-state index in [4.69, 9.17) is 21.1 Å². The number of halogens is 1. The van der Waals surface area contributed by atoms with Gasteiger partial charge in [0.2, 0.25) is 0 Å². The SMILES string of the molecule is OC(Cc1cccs1)c1cc(Cl)c2c(c1)OCCCO2. The van der Waals surface area contributed by atoms with Crippen molar-refractivity contribution in [3.63, 3.8) is 0 Å². The van der Waals surface area contributed by atoms with Crippen LogP contribution < -0.4 is 9.47 Å². The molecule has 3 rings (SSSR count). The van der Waals surface area contributed by atoms with Crippen molar-refractivity contribution in [3.05, 3.63) is 45.1 Å². The molecule has 0 saturated heterocycles. The number of thiophene rings is 1. The number of aliphatic hydroxyl groups is 1. The van der Waals surface area contributed by atoms with Gasteiger partial charge in [-0.3, -0.25) is 0 Å². The summed E-state index contributed by atoms with van der Waals surface area (Å²) in [6.45, 7) is 1.21. The van der Waals surface area contributed by atoms with Crippen molar-refractivity contribution in [2.75, 3.05) is 13.2 Å². The van der Waals surface area contributed by atoms with Gasteiger partial charge in [0, 0.05) is 17.7 Å². The molecule has 1 N–H and O–H groups in total. The van der Waals surface area contributed by atoms with Crippen LogP contribution >= 0.6 is 22.9 Å². The van der Waals surface area contributed by atoms with Crippen LogP contribution in [-0.2, 0) is 6.42 Å². The molecule has 3 nitrogen and oxygen atoms in total. The Kier molecular flexibility index (Phi) is 4.15. The summed E-state index contributed by atoms with van der Waals surface area (Å²) in [7, 11) is 0. The molecule has 1 aromatic carbocycles. The number of aliphatic hydroxyl groups excluding tert-OH is 1. The fraction of sp³-hybridized carbons (Fsp3) is 0.333. The molecule has 106 valence electrons. The van der Waals surface area contributed by atoms with Crippen LogP contribution in [0.15, 0.2) is 29.6 Å². The highest BCUT2D eigenvalue weighted by Crippen LogP contribution is 2.39. The summed E-state index contributed by atoms with van der Waals surface area (Å²) in [5.74, 6) is 1.20. The van der Waals surface area contributed by atoms with Gasteiger partial charge >= 0.3 is 0 Å². The maximum absolute atomic E-state index is 10.3. The van der Waals surface area contributed by atoms with Gasteiger partial charge in [-0.25, -0.2) is 0 Å². The van der Waals surface area contributed by atoms with E-state index in [9.17, 15) is 5.11 Å². The highest BCUT2D eigenvalue weighted by atomic mass is 35.5. The minimum absolute atomic E-state index is 0.490. The van der Waals surface area contributed by atoms with Crippen molar-refractivity contribution in [1.82, 2.24) is 0 Å². The van der Waals surface area contributed by atoms with Gasteiger partial charge in [0.25, 0.3) is 0 Å². The third kappa shape index (κ3) is 2.92. The second-order valence-electron chi connectivity index (χ2n) is 4.68. The summed E-state index contributed by atoms with van der Waals surface area (Å²) < 4.78 is 11.2. The minimum Gasteiger partial charge on any atom is -0.489 e. The number of hydrogen-bond acceptors (Lipinski definition) is 4. The van der Waals surface area contributed by atoms with Crippen LogP contribution in [0.3, 0.4) is 0 Å². The molecule has 1 atom stereocenters. The van der Waals surface area contributed by atoms with Crippen molar-refractivity contribution in [1.29, 1.82) is 0 Å². The predicted octanol–water partition coefficient (Wildman–Crippen LogP) is 3.84. The Hall–Kier alpha value is -1.23. The molecule has 20 heavy (non-hydrogen) atoms. The van der Waals surface area contributed by atoms with Crippen molar-refractivity contribution < 1.29 is 14.6 Å². The zero-order chi connectivity index (χ0) is 13.9. The summed E-state index contributed by atoms with van der Waals surface area (Å²) in [4.78, 5) is 1.14. The maximum atomic E-state index is 10.3. The second kappa shape index (κ2) is 6.04. The molecule has 1 aromatic heterocycles. The van der Waals surface area contributed by atoms with Crippen LogP contribution in [0.25, 0.3) is 0 Å². The quantitative estimate of drug-likeness (QED) is 0.936. The van der Waals surface area contributed by atoms with E-state index < -0.39 is 6.10 Å². The van der Waals surface area contributed by atoms with Gasteiger partial charge in [-0.15, -0.1) is 11.3 Å². The minimum atomic E-state index is -0.594. The van der Waals surface area contributed by atoms with E-state index in [0.717, 1.165) is 16.9 Å². The standard InChI is InChI=1S/C15H15ClO3S/c16-12-7-10(13(17)9-11-3-1-6-20-11)8-14-15(12)19-5-2-4-18-14/h1,3,6-8,13,17H,2,4-5,9H2. The Morgan fingerprint density at radius 2 is 2.15 bits per heavy atom. The van der Waals surface area contributed by atoms with Crippen molar-refractivity contribution in [3.8, 4) is 11.5 Å². The zero-order valence-electron chi connectivity index (χ0n) is 10.8. The van der Waals surface area contributed by atoms with Crippen LogP contribution in [0.5, 0.6) is 11.5 Å². The number of rotatable bonds is 3. The molecule has 1 aliphatic heterocycles. The van der Waals surface area contributed by atoms with Crippen molar-refractivity contribution >= 4 is 22.9 Å². The lowest BCUT2D eigenvalue weighted by atomic mass is 10.1. The molecule has 0 aliphatic carbocycles. The van der Waals surface area contributed by atoms with Crippen molar-refractivity contribution in [2.24, 2.45) is 0 Å². The molecule has 0 spiro atoms. The van der Waals surface area contributed by atoms with Gasteiger partial charge in [0.05, 0.1) is 24.3 Å². The van der Waals surface area contributed by atoms with Crippen LogP contribution in [0, 0.1) is 0 Å². The highest BCUT2D eigenvalue weighted by Gasteiger charge is 2.19. The molecule has 0 saturated carbocycles. The van der Waals surface area contributed by atoms with Crippen LogP contribution in [0.4, 0.5) is 0 Å². The molecule has 0 amide bonds. The van der Waals surface area contributed by atoms with Crippen LogP contribution in [-0.4, -0.2) is 18.3 Å². The number of fused-ring (bicyclic) bond motifs is 1. The number of hydrogen-bond donors (Lipinski definition) is 1. The Balaban J connectivity index is 1.86. The third-order valence-electron chi connectivity index (χ3n) is 3.18. The predicted molar refractivity (Wildman–Crippen MR) is 80.0 cm³/mol. The van der Waals surface area contributed by atoms with E-state index in [2.05, 4.69) is 0 Å². The maximum Gasteiger partial charge on any atom is 0.179 e. The molecular formula is C15H15ClO3S. The largest absolute Gasteiger partial charge is 0.489 e. The zero-order valence-corrected chi connectivity index (χ0v) is 12.4. The van der Waals surface area contributed by atoms with Crippen LogP contribution in [0.1, 0.15) is 23.0 Å². The molecule has 2 heterocycles. The van der Waals surface area contributed by atoms with Crippen LogP contribution in [0.2, 0.25) is 5.02 Å². The number of ether oxygens (including phenoxy) is 2. The lowest BCUT2D eigenvalue weighted by molar-refractivity contribution is 0.179. The highest BCUT2D eigenvalue weighted by molar-refractivity contribution is 7.09.